The summed E-state index contributed by atoms with van der Waals surface area (Å²) in [5.41, 5.74) is 1.67. The van der Waals surface area contributed by atoms with Crippen LogP contribution in [0.3, 0.4) is 0 Å². The highest BCUT2D eigenvalue weighted by Crippen LogP contribution is 2.30. The maximum Gasteiger partial charge on any atom is 0.293 e. The predicted octanol–water partition coefficient (Wildman–Crippen LogP) is 2.75. The standard InChI is InChI=1S/C11H11ClN2O2/c1-15-7-3-4-8(9(12)5-7)10-6-13-11(14-10)16-2/h3-6H,1-2H3,(H,13,14). The number of hydrogen-bond acceptors (Lipinski definition) is 3. The molecular weight excluding hydrogens is 228 g/mol. The first-order chi connectivity index (χ1) is 7.74. The van der Waals surface area contributed by atoms with Crippen molar-refractivity contribution in [2.75, 3.05) is 14.2 Å². The lowest BCUT2D eigenvalue weighted by Gasteiger charge is -2.04. The Kier molecular flexibility index (Phi) is 3.01. The van der Waals surface area contributed by atoms with Gasteiger partial charge in [0.25, 0.3) is 6.01 Å². The van der Waals surface area contributed by atoms with Crippen molar-refractivity contribution in [3.63, 3.8) is 0 Å². The Morgan fingerprint density at radius 2 is 2.06 bits per heavy atom. The number of nitrogens with zero attached hydrogens (tertiary/aromatic N) is 1. The molecule has 0 fully saturated rings. The van der Waals surface area contributed by atoms with Gasteiger partial charge in [-0.25, -0.2) is 4.98 Å². The van der Waals surface area contributed by atoms with Crippen molar-refractivity contribution in [3.8, 4) is 23.0 Å². The monoisotopic (exact) mass is 238 g/mol. The molecule has 0 spiro atoms. The van der Waals surface area contributed by atoms with Gasteiger partial charge in [0.05, 0.1) is 31.1 Å². The molecule has 1 heterocycles. The van der Waals surface area contributed by atoms with E-state index in [1.807, 2.05) is 12.1 Å². The van der Waals surface area contributed by atoms with Crippen molar-refractivity contribution in [1.29, 1.82) is 0 Å². The number of rotatable bonds is 3. The lowest BCUT2D eigenvalue weighted by Crippen LogP contribution is -1.86. The number of ether oxygens (including phenoxy) is 2. The van der Waals surface area contributed by atoms with E-state index >= 15 is 0 Å². The van der Waals surface area contributed by atoms with E-state index in [4.69, 9.17) is 21.1 Å². The van der Waals surface area contributed by atoms with E-state index in [1.165, 1.54) is 0 Å². The number of H-pyrrole nitrogens is 1. The molecule has 84 valence electrons. The molecule has 0 atom stereocenters. The first-order valence-corrected chi connectivity index (χ1v) is 5.05. The first kappa shape index (κ1) is 10.8. The maximum atomic E-state index is 6.13. The zero-order valence-corrected chi connectivity index (χ0v) is 9.71. The van der Waals surface area contributed by atoms with Gasteiger partial charge >= 0.3 is 0 Å². The summed E-state index contributed by atoms with van der Waals surface area (Å²) in [5, 5.41) is 0.602. The van der Waals surface area contributed by atoms with Crippen LogP contribution in [0.4, 0.5) is 0 Å². The van der Waals surface area contributed by atoms with E-state index in [0.717, 1.165) is 17.0 Å². The Labute approximate surface area is 98.2 Å². The maximum absolute atomic E-state index is 6.13. The number of methoxy groups -OCH3 is 2. The SMILES string of the molecule is COc1ccc(-c2cnc(OC)[nH]2)c(Cl)c1. The molecule has 4 nitrogen and oxygen atoms in total. The molecule has 0 aliphatic carbocycles. The minimum Gasteiger partial charge on any atom is -0.497 e. The Balaban J connectivity index is 2.40. The normalized spacial score (nSPS) is 10.2. The van der Waals surface area contributed by atoms with E-state index < -0.39 is 0 Å². The molecule has 2 rings (SSSR count). The number of halogens is 1. The Morgan fingerprint density at radius 3 is 2.62 bits per heavy atom. The Bertz CT molecular complexity index is 496. The average Bonchev–Trinajstić information content (AvgIpc) is 2.77. The number of aromatic amines is 1. The largest absolute Gasteiger partial charge is 0.497 e. The van der Waals surface area contributed by atoms with E-state index in [9.17, 15) is 0 Å². The lowest BCUT2D eigenvalue weighted by atomic mass is 10.1. The van der Waals surface area contributed by atoms with E-state index in [-0.39, 0.29) is 0 Å². The van der Waals surface area contributed by atoms with Crippen LogP contribution in [0.1, 0.15) is 0 Å². The highest BCUT2D eigenvalue weighted by atomic mass is 35.5. The molecule has 0 unspecified atom stereocenters. The number of hydrogen-bond donors (Lipinski definition) is 1. The van der Waals surface area contributed by atoms with Gasteiger partial charge in [-0.1, -0.05) is 11.6 Å². The quantitative estimate of drug-likeness (QED) is 0.895. The number of nitrogens with one attached hydrogen (secondary N) is 1. The van der Waals surface area contributed by atoms with Crippen molar-refractivity contribution in [2.45, 2.75) is 0 Å². The molecule has 2 aromatic rings. The van der Waals surface area contributed by atoms with Crippen molar-refractivity contribution >= 4 is 11.6 Å². The third kappa shape index (κ3) is 1.97. The Morgan fingerprint density at radius 1 is 1.25 bits per heavy atom. The minimum atomic E-state index is 0.460. The van der Waals surface area contributed by atoms with Gasteiger partial charge in [-0.2, -0.15) is 0 Å². The van der Waals surface area contributed by atoms with Gasteiger partial charge in [0, 0.05) is 5.56 Å². The summed E-state index contributed by atoms with van der Waals surface area (Å²) in [6.45, 7) is 0. The summed E-state index contributed by atoms with van der Waals surface area (Å²) in [7, 11) is 3.16. The van der Waals surface area contributed by atoms with Gasteiger partial charge in [0.15, 0.2) is 0 Å². The van der Waals surface area contributed by atoms with Crippen LogP contribution in [0.15, 0.2) is 24.4 Å². The second-order valence-electron chi connectivity index (χ2n) is 3.15. The fourth-order valence-corrected chi connectivity index (χ4v) is 1.66. The molecule has 5 heteroatoms. The van der Waals surface area contributed by atoms with E-state index in [0.29, 0.717) is 11.0 Å². The Hall–Kier alpha value is -1.68. The average molecular weight is 239 g/mol. The van der Waals surface area contributed by atoms with Crippen molar-refractivity contribution < 1.29 is 9.47 Å². The molecule has 0 radical (unpaired) electrons. The summed E-state index contributed by atoms with van der Waals surface area (Å²) in [4.78, 5) is 7.03. The third-order valence-corrected chi connectivity index (χ3v) is 2.52. The number of aromatic nitrogens is 2. The van der Waals surface area contributed by atoms with Gasteiger partial charge in [0.2, 0.25) is 0 Å². The van der Waals surface area contributed by atoms with E-state index in [1.54, 1.807) is 26.5 Å². The zero-order valence-electron chi connectivity index (χ0n) is 8.95. The smallest absolute Gasteiger partial charge is 0.293 e. The molecule has 1 N–H and O–H groups in total. The van der Waals surface area contributed by atoms with Gasteiger partial charge in [0.1, 0.15) is 5.75 Å². The highest BCUT2D eigenvalue weighted by Gasteiger charge is 2.08. The predicted molar refractivity (Wildman–Crippen MR) is 62.1 cm³/mol. The summed E-state index contributed by atoms with van der Waals surface area (Å²) in [6, 6.07) is 5.93. The summed E-state index contributed by atoms with van der Waals surface area (Å²) in [5.74, 6) is 0.722. The van der Waals surface area contributed by atoms with Crippen LogP contribution < -0.4 is 9.47 Å². The molecule has 0 aliphatic rings. The van der Waals surface area contributed by atoms with Crippen LogP contribution in [0, 0.1) is 0 Å². The van der Waals surface area contributed by atoms with Crippen molar-refractivity contribution in [2.24, 2.45) is 0 Å². The van der Waals surface area contributed by atoms with Crippen LogP contribution in [0.25, 0.3) is 11.3 Å². The summed E-state index contributed by atoms with van der Waals surface area (Å²) in [6.07, 6.45) is 1.67. The second kappa shape index (κ2) is 4.45. The van der Waals surface area contributed by atoms with Crippen LogP contribution in [-0.2, 0) is 0 Å². The molecule has 0 aliphatic heterocycles. The lowest BCUT2D eigenvalue weighted by molar-refractivity contribution is 0.384. The topological polar surface area (TPSA) is 47.1 Å². The molecule has 0 saturated carbocycles. The summed E-state index contributed by atoms with van der Waals surface area (Å²) >= 11 is 6.13. The van der Waals surface area contributed by atoms with E-state index in [2.05, 4.69) is 9.97 Å². The number of imidazole rings is 1. The highest BCUT2D eigenvalue weighted by molar-refractivity contribution is 6.33. The van der Waals surface area contributed by atoms with Gasteiger partial charge < -0.3 is 14.5 Å². The summed E-state index contributed by atoms with van der Waals surface area (Å²) < 4.78 is 10.0. The fourth-order valence-electron chi connectivity index (χ4n) is 1.38. The number of benzene rings is 1. The third-order valence-electron chi connectivity index (χ3n) is 2.21. The van der Waals surface area contributed by atoms with Gasteiger partial charge in [-0.15, -0.1) is 0 Å². The van der Waals surface area contributed by atoms with Gasteiger partial charge in [-0.05, 0) is 18.2 Å². The molecule has 16 heavy (non-hydrogen) atoms. The van der Waals surface area contributed by atoms with Crippen molar-refractivity contribution in [3.05, 3.63) is 29.4 Å². The second-order valence-corrected chi connectivity index (χ2v) is 3.56. The molecule has 0 bridgehead atoms. The molecule has 1 aromatic carbocycles. The zero-order chi connectivity index (χ0) is 11.5. The van der Waals surface area contributed by atoms with Crippen LogP contribution in [0.2, 0.25) is 5.02 Å². The minimum absolute atomic E-state index is 0.460. The fraction of sp³-hybridized carbons (Fsp3) is 0.182. The van der Waals surface area contributed by atoms with Crippen LogP contribution >= 0.6 is 11.6 Å². The van der Waals surface area contributed by atoms with Gasteiger partial charge in [-0.3, -0.25) is 0 Å². The van der Waals surface area contributed by atoms with Crippen LogP contribution in [0.5, 0.6) is 11.8 Å². The first-order valence-electron chi connectivity index (χ1n) is 4.67. The molecule has 0 amide bonds. The van der Waals surface area contributed by atoms with Crippen LogP contribution in [-0.4, -0.2) is 24.2 Å². The van der Waals surface area contributed by atoms with Crippen molar-refractivity contribution in [1.82, 2.24) is 9.97 Å². The molecule has 1 aromatic heterocycles. The molecular formula is C11H11ClN2O2. The molecule has 0 saturated heterocycles.